The van der Waals surface area contributed by atoms with Gasteiger partial charge in [0.05, 0.1) is 22.5 Å². The predicted octanol–water partition coefficient (Wildman–Crippen LogP) is 0.890. The van der Waals surface area contributed by atoms with Crippen LogP contribution in [0.2, 0.25) is 0 Å². The number of unbranched alkanes of at least 4 members (excludes halogenated alkanes) is 1. The van der Waals surface area contributed by atoms with Gasteiger partial charge in [0.25, 0.3) is 0 Å². The number of hydrogen-bond donors (Lipinski definition) is 0. The predicted molar refractivity (Wildman–Crippen MR) is 118 cm³/mol. The summed E-state index contributed by atoms with van der Waals surface area (Å²) in [5.74, 6) is -1.68. The molecule has 9 heteroatoms. The van der Waals surface area contributed by atoms with Crippen molar-refractivity contribution in [2.45, 2.75) is 33.6 Å². The first-order valence-electron chi connectivity index (χ1n) is 9.20. The number of ether oxygens (including phenoxy) is 2. The van der Waals surface area contributed by atoms with E-state index < -0.39 is 28.4 Å². The molecule has 0 bridgehead atoms. The van der Waals surface area contributed by atoms with E-state index in [4.69, 9.17) is 4.74 Å². The van der Waals surface area contributed by atoms with Crippen molar-refractivity contribution in [1.29, 1.82) is 0 Å². The summed E-state index contributed by atoms with van der Waals surface area (Å²) >= 11 is 0. The Kier molecular flexibility index (Phi) is 22.1. The SMILES string of the molecule is C=C(C)C(=O)OCCCC.C=C(C)C(=O)OCCS(=O)(=O)[O-].C=Cc1ccccc1.[Na+]. The first-order valence-corrected chi connectivity index (χ1v) is 10.8. The summed E-state index contributed by atoms with van der Waals surface area (Å²) in [5.41, 5.74) is 1.81. The summed E-state index contributed by atoms with van der Waals surface area (Å²) in [5, 5.41) is 0. The number of rotatable bonds is 9. The normalized spacial score (nSPS) is 9.29. The zero-order valence-corrected chi connectivity index (χ0v) is 21.7. The second-order valence-electron chi connectivity index (χ2n) is 6.06. The second kappa shape index (κ2) is 20.2. The molecule has 1 aromatic rings. The molecule has 0 N–H and O–H groups in total. The fourth-order valence-electron chi connectivity index (χ4n) is 1.38. The Morgan fingerprint density at radius 3 is 1.77 bits per heavy atom. The van der Waals surface area contributed by atoms with Gasteiger partial charge in [-0.05, 0) is 25.8 Å². The fourth-order valence-corrected chi connectivity index (χ4v) is 1.67. The number of hydrogen-bond acceptors (Lipinski definition) is 7. The molecule has 1 aromatic carbocycles. The Hall–Kier alpha value is -1.71. The van der Waals surface area contributed by atoms with Gasteiger partial charge in [-0.1, -0.05) is 69.5 Å². The summed E-state index contributed by atoms with van der Waals surface area (Å²) in [6.07, 6.45) is 3.81. The molecule has 31 heavy (non-hydrogen) atoms. The summed E-state index contributed by atoms with van der Waals surface area (Å²) in [4.78, 5) is 21.3. The van der Waals surface area contributed by atoms with Gasteiger partial charge in [-0.25, -0.2) is 18.0 Å². The number of benzene rings is 1. The third-order valence-corrected chi connectivity index (χ3v) is 3.70. The van der Waals surface area contributed by atoms with Crippen LogP contribution in [0.25, 0.3) is 6.08 Å². The first kappa shape index (κ1) is 33.9. The van der Waals surface area contributed by atoms with Crippen molar-refractivity contribution in [2.75, 3.05) is 19.0 Å². The van der Waals surface area contributed by atoms with Gasteiger partial charge in [0, 0.05) is 11.1 Å². The monoisotopic (exact) mass is 462 g/mol. The Labute approximate surface area is 208 Å². The van der Waals surface area contributed by atoms with E-state index in [1.54, 1.807) is 6.92 Å². The van der Waals surface area contributed by atoms with E-state index in [1.807, 2.05) is 36.4 Å². The zero-order valence-electron chi connectivity index (χ0n) is 18.9. The van der Waals surface area contributed by atoms with Crippen LogP contribution in [0.5, 0.6) is 0 Å². The molecular formula is C22H31NaO7S. The molecule has 0 radical (unpaired) electrons. The van der Waals surface area contributed by atoms with Crippen molar-refractivity contribution >= 4 is 28.1 Å². The molecule has 0 aromatic heterocycles. The van der Waals surface area contributed by atoms with E-state index in [9.17, 15) is 22.6 Å². The summed E-state index contributed by atoms with van der Waals surface area (Å²) < 4.78 is 39.2. The molecule has 0 unspecified atom stereocenters. The average Bonchev–Trinajstić information content (AvgIpc) is 2.68. The second-order valence-corrected chi connectivity index (χ2v) is 7.59. The van der Waals surface area contributed by atoms with Gasteiger partial charge in [-0.3, -0.25) is 0 Å². The number of carbonyl (C=O) groups excluding carboxylic acids is 2. The van der Waals surface area contributed by atoms with E-state index in [0.717, 1.165) is 12.8 Å². The van der Waals surface area contributed by atoms with Gasteiger partial charge in [-0.2, -0.15) is 0 Å². The summed E-state index contributed by atoms with van der Waals surface area (Å²) in [6.45, 7) is 15.6. The first-order chi connectivity index (χ1) is 13.9. The maximum atomic E-state index is 10.7. The summed E-state index contributed by atoms with van der Waals surface area (Å²) in [6, 6.07) is 10.0. The van der Waals surface area contributed by atoms with Gasteiger partial charge in [-0.15, -0.1) is 0 Å². The fraction of sp³-hybridized carbons (Fsp3) is 0.364. The quantitative estimate of drug-likeness (QED) is 0.176. The molecular weight excluding hydrogens is 431 g/mol. The molecule has 0 spiro atoms. The summed E-state index contributed by atoms with van der Waals surface area (Å²) in [7, 11) is -4.30. The van der Waals surface area contributed by atoms with E-state index in [-0.39, 0.29) is 41.1 Å². The molecule has 0 amide bonds. The van der Waals surface area contributed by atoms with Gasteiger partial charge in [0.15, 0.2) is 0 Å². The molecule has 0 aliphatic heterocycles. The van der Waals surface area contributed by atoms with Crippen LogP contribution in [0.3, 0.4) is 0 Å². The molecule has 0 aliphatic rings. The molecule has 0 fully saturated rings. The Bertz CT molecular complexity index is 787. The van der Waals surface area contributed by atoms with Gasteiger partial charge in [0.1, 0.15) is 6.61 Å². The molecule has 0 atom stereocenters. The molecule has 0 saturated carbocycles. The molecule has 1 rings (SSSR count). The van der Waals surface area contributed by atoms with Crippen LogP contribution in [-0.2, 0) is 29.2 Å². The molecule has 0 saturated heterocycles. The van der Waals surface area contributed by atoms with Crippen molar-refractivity contribution in [3.05, 3.63) is 66.8 Å². The maximum Gasteiger partial charge on any atom is 1.00 e. The largest absolute Gasteiger partial charge is 1.00 e. The van der Waals surface area contributed by atoms with Gasteiger partial charge < -0.3 is 14.0 Å². The molecule has 0 heterocycles. The van der Waals surface area contributed by atoms with Crippen LogP contribution in [-0.4, -0.2) is 43.9 Å². The van der Waals surface area contributed by atoms with Gasteiger partial charge in [0.2, 0.25) is 0 Å². The molecule has 168 valence electrons. The van der Waals surface area contributed by atoms with Crippen molar-refractivity contribution < 1.29 is 61.6 Å². The van der Waals surface area contributed by atoms with Crippen molar-refractivity contribution in [3.63, 3.8) is 0 Å². The minimum atomic E-state index is -4.30. The van der Waals surface area contributed by atoms with E-state index in [2.05, 4.69) is 31.4 Å². The number of esters is 2. The van der Waals surface area contributed by atoms with Crippen LogP contribution in [0.4, 0.5) is 0 Å². The van der Waals surface area contributed by atoms with Crippen molar-refractivity contribution in [3.8, 4) is 0 Å². The average molecular weight is 463 g/mol. The minimum absolute atomic E-state index is 0. The van der Waals surface area contributed by atoms with Crippen LogP contribution in [0, 0.1) is 0 Å². The van der Waals surface area contributed by atoms with Crippen molar-refractivity contribution in [1.82, 2.24) is 0 Å². The Morgan fingerprint density at radius 1 is 1.00 bits per heavy atom. The van der Waals surface area contributed by atoms with Crippen LogP contribution >= 0.6 is 0 Å². The smallest absolute Gasteiger partial charge is 0.748 e. The third-order valence-electron chi connectivity index (χ3n) is 3.03. The number of carbonyl (C=O) groups is 2. The Morgan fingerprint density at radius 2 is 1.45 bits per heavy atom. The van der Waals surface area contributed by atoms with E-state index in [0.29, 0.717) is 12.2 Å². The third kappa shape index (κ3) is 24.4. The topological polar surface area (TPSA) is 110 Å². The zero-order chi connectivity index (χ0) is 23.6. The van der Waals surface area contributed by atoms with Crippen LogP contribution in [0.15, 0.2) is 61.2 Å². The van der Waals surface area contributed by atoms with Crippen molar-refractivity contribution in [2.24, 2.45) is 0 Å². The van der Waals surface area contributed by atoms with Gasteiger partial charge >= 0.3 is 41.5 Å². The maximum absolute atomic E-state index is 10.7. The Balaban J connectivity index is -0.000000379. The molecule has 7 nitrogen and oxygen atoms in total. The van der Waals surface area contributed by atoms with E-state index >= 15 is 0 Å². The van der Waals surface area contributed by atoms with E-state index in [1.165, 1.54) is 12.5 Å². The minimum Gasteiger partial charge on any atom is -0.748 e. The van der Waals surface area contributed by atoms with Crippen LogP contribution in [0.1, 0.15) is 39.2 Å². The standard InChI is InChI=1S/C8H14O2.C8H8.C6H10O5S.Na/c1-4-5-6-10-8(9)7(2)3;1-2-8-6-4-3-5-7-8;1-5(2)6(7)11-3-4-12(8,9)10;/h2,4-6H2,1,3H3;2-7H,1H2;1,3-4H2,2H3,(H,8,9,10);/q;;;+1/p-1. The van der Waals surface area contributed by atoms with Crippen LogP contribution < -0.4 is 29.6 Å². The molecule has 0 aliphatic carbocycles.